The normalized spacial score (nSPS) is 14.2. The molecule has 0 unspecified atom stereocenters. The highest BCUT2D eigenvalue weighted by Crippen LogP contribution is 2.29. The number of carbonyl (C=O) groups excluding carboxylic acids is 3. The summed E-state index contributed by atoms with van der Waals surface area (Å²) < 4.78 is 62.7. The number of amides is 1. The summed E-state index contributed by atoms with van der Waals surface area (Å²) in [5.74, 6) is -2.39. The van der Waals surface area contributed by atoms with Crippen LogP contribution in [0.15, 0.2) is 24.4 Å². The van der Waals surface area contributed by atoms with Crippen molar-refractivity contribution >= 4 is 17.8 Å². The Morgan fingerprint density at radius 3 is 2.39 bits per heavy atom. The number of hydrogen-bond acceptors (Lipinski definition) is 9. The summed E-state index contributed by atoms with van der Waals surface area (Å²) in [4.78, 5) is 40.4. The number of methoxy groups -OCH3 is 1. The first-order valence-corrected chi connectivity index (χ1v) is 10.9. The monoisotopic (exact) mass is 520 g/mol. The number of aromatic nitrogens is 1. The molecule has 1 aromatic rings. The van der Waals surface area contributed by atoms with Gasteiger partial charge >= 0.3 is 18.1 Å². The average Bonchev–Trinajstić information content (AvgIpc) is 2.78. The molecule has 0 bridgehead atoms. The van der Waals surface area contributed by atoms with E-state index in [1.54, 1.807) is 20.8 Å². The topological polar surface area (TPSA) is 122 Å². The van der Waals surface area contributed by atoms with Gasteiger partial charge in [0.1, 0.15) is 12.1 Å². The Morgan fingerprint density at radius 1 is 1.17 bits per heavy atom. The second-order valence-corrected chi connectivity index (χ2v) is 7.91. The van der Waals surface area contributed by atoms with Crippen molar-refractivity contribution in [2.75, 3.05) is 20.5 Å². The molecule has 1 amide bonds. The summed E-state index contributed by atoms with van der Waals surface area (Å²) in [5.41, 5.74) is -0.227. The van der Waals surface area contributed by atoms with Gasteiger partial charge in [-0.15, -0.1) is 0 Å². The summed E-state index contributed by atoms with van der Waals surface area (Å²) in [6.45, 7) is 6.80. The summed E-state index contributed by atoms with van der Waals surface area (Å²) in [6, 6.07) is 0.293. The van der Waals surface area contributed by atoms with E-state index in [1.807, 2.05) is 0 Å². The van der Waals surface area contributed by atoms with Crippen LogP contribution in [0.3, 0.4) is 0 Å². The number of pyridine rings is 1. The van der Waals surface area contributed by atoms with Gasteiger partial charge < -0.3 is 29.0 Å². The second-order valence-electron chi connectivity index (χ2n) is 7.91. The van der Waals surface area contributed by atoms with E-state index in [9.17, 15) is 27.6 Å². The third-order valence-electron chi connectivity index (χ3n) is 4.60. The van der Waals surface area contributed by atoms with E-state index in [-0.39, 0.29) is 35.8 Å². The number of carbonyl (C=O) groups is 3. The number of nitrogens with one attached hydrogen (secondary N) is 1. The Kier molecular flexibility index (Phi) is 12.2. The molecule has 0 saturated heterocycles. The fourth-order valence-electron chi connectivity index (χ4n) is 2.88. The van der Waals surface area contributed by atoms with Gasteiger partial charge in [0.2, 0.25) is 6.79 Å². The lowest BCUT2D eigenvalue weighted by Gasteiger charge is -2.28. The fourth-order valence-corrected chi connectivity index (χ4v) is 2.88. The molecule has 202 valence electrons. The summed E-state index contributed by atoms with van der Waals surface area (Å²) in [5, 5.41) is 2.44. The molecule has 1 rings (SSSR count). The number of nitrogens with zero attached hydrogens (tertiary/aromatic N) is 1. The van der Waals surface area contributed by atoms with Gasteiger partial charge in [-0.2, -0.15) is 13.2 Å². The molecule has 0 aliphatic rings. The zero-order chi connectivity index (χ0) is 27.5. The maximum Gasteiger partial charge on any atom is 0.409 e. The molecule has 1 N–H and O–H groups in total. The third kappa shape index (κ3) is 10.5. The predicted octanol–water partition coefficient (Wildman–Crippen LogP) is 3.20. The lowest BCUT2D eigenvalue weighted by atomic mass is 10.0. The Balaban J connectivity index is 2.85. The Morgan fingerprint density at radius 2 is 1.83 bits per heavy atom. The van der Waals surface area contributed by atoms with Crippen molar-refractivity contribution in [1.29, 1.82) is 0 Å². The number of esters is 2. The molecular formula is C23H31F3N2O8. The van der Waals surface area contributed by atoms with Crippen LogP contribution in [0.1, 0.15) is 45.1 Å². The lowest BCUT2D eigenvalue weighted by Crippen LogP contribution is -2.44. The first kappa shape index (κ1) is 30.7. The smallest absolute Gasteiger partial charge is 0.409 e. The summed E-state index contributed by atoms with van der Waals surface area (Å²) >= 11 is 0. The van der Waals surface area contributed by atoms with E-state index >= 15 is 0 Å². The zero-order valence-corrected chi connectivity index (χ0v) is 20.9. The minimum absolute atomic E-state index is 0.0601. The van der Waals surface area contributed by atoms with Gasteiger partial charge in [0, 0.05) is 25.3 Å². The van der Waals surface area contributed by atoms with Crippen molar-refractivity contribution in [3.8, 4) is 11.5 Å². The standard InChI is InChI=1S/C23H31F3N2O8/c1-13(2)19(15(4)33-11-7-9-23(24,25)26)36-22(31)14(3)28-21(30)18-20(35-12-34-16(5)29)17(32-6)8-10-27-18/h7-10,13-15,19H,11-12H2,1-6H3,(H,28,30)/b9-7+/t14-,15-,19+/m0/s1. The number of ether oxygens (including phenoxy) is 5. The van der Waals surface area contributed by atoms with E-state index in [0.29, 0.717) is 0 Å². The molecule has 0 fully saturated rings. The number of hydrogen-bond donors (Lipinski definition) is 1. The van der Waals surface area contributed by atoms with Gasteiger partial charge in [-0.3, -0.25) is 9.59 Å². The highest BCUT2D eigenvalue weighted by molar-refractivity contribution is 5.98. The van der Waals surface area contributed by atoms with E-state index in [1.165, 1.54) is 33.2 Å². The highest BCUT2D eigenvalue weighted by Gasteiger charge is 2.30. The number of rotatable bonds is 13. The van der Waals surface area contributed by atoms with Crippen molar-refractivity contribution in [2.45, 2.75) is 59.0 Å². The molecular weight excluding hydrogens is 489 g/mol. The fraction of sp³-hybridized carbons (Fsp3) is 0.565. The van der Waals surface area contributed by atoms with Crippen LogP contribution < -0.4 is 14.8 Å². The van der Waals surface area contributed by atoms with Crippen LogP contribution in [-0.4, -0.2) is 67.8 Å². The van der Waals surface area contributed by atoms with E-state index < -0.39 is 49.1 Å². The highest BCUT2D eigenvalue weighted by atomic mass is 19.4. The quantitative estimate of drug-likeness (QED) is 0.237. The summed E-state index contributed by atoms with van der Waals surface area (Å²) in [7, 11) is 1.34. The van der Waals surface area contributed by atoms with Gasteiger partial charge in [-0.05, 0) is 19.8 Å². The average molecular weight is 521 g/mol. The van der Waals surface area contributed by atoms with Crippen molar-refractivity contribution < 1.29 is 51.2 Å². The van der Waals surface area contributed by atoms with Crippen molar-refractivity contribution in [3.05, 3.63) is 30.1 Å². The summed E-state index contributed by atoms with van der Waals surface area (Å²) in [6.07, 6.45) is -3.81. The molecule has 36 heavy (non-hydrogen) atoms. The minimum Gasteiger partial charge on any atom is -0.493 e. The number of alkyl halides is 3. The van der Waals surface area contributed by atoms with Gasteiger partial charge in [-0.1, -0.05) is 19.9 Å². The maximum absolute atomic E-state index is 12.8. The zero-order valence-electron chi connectivity index (χ0n) is 20.9. The van der Waals surface area contributed by atoms with Crippen LogP contribution in [0.2, 0.25) is 0 Å². The molecule has 1 aromatic heterocycles. The van der Waals surface area contributed by atoms with Crippen LogP contribution >= 0.6 is 0 Å². The Bertz CT molecular complexity index is 921. The lowest BCUT2D eigenvalue weighted by molar-refractivity contribution is -0.162. The second kappa shape index (κ2) is 14.3. The molecule has 0 saturated carbocycles. The molecule has 3 atom stereocenters. The Hall–Kier alpha value is -3.35. The maximum atomic E-state index is 12.8. The molecule has 0 radical (unpaired) electrons. The van der Waals surface area contributed by atoms with Crippen LogP contribution in [0.4, 0.5) is 13.2 Å². The van der Waals surface area contributed by atoms with Crippen molar-refractivity contribution in [3.63, 3.8) is 0 Å². The van der Waals surface area contributed by atoms with Crippen LogP contribution in [0, 0.1) is 5.92 Å². The largest absolute Gasteiger partial charge is 0.493 e. The molecule has 0 spiro atoms. The molecule has 13 heteroatoms. The van der Waals surface area contributed by atoms with E-state index in [0.717, 1.165) is 6.08 Å². The van der Waals surface area contributed by atoms with Crippen LogP contribution in [0.25, 0.3) is 0 Å². The van der Waals surface area contributed by atoms with E-state index in [4.69, 9.17) is 23.7 Å². The van der Waals surface area contributed by atoms with Crippen LogP contribution in [0.5, 0.6) is 11.5 Å². The first-order chi connectivity index (χ1) is 16.8. The van der Waals surface area contributed by atoms with Gasteiger partial charge in [0.05, 0.1) is 19.8 Å². The number of halogens is 3. The Labute approximate surface area is 207 Å². The molecule has 0 aromatic carbocycles. The molecule has 0 aliphatic carbocycles. The SMILES string of the molecule is COc1ccnc(C(=O)N[C@@H](C)C(=O)O[C@H](C(C)C)[C@H](C)OC/C=C/C(F)(F)F)c1OCOC(C)=O. The predicted molar refractivity (Wildman–Crippen MR) is 120 cm³/mol. The minimum atomic E-state index is -4.45. The first-order valence-electron chi connectivity index (χ1n) is 10.9. The van der Waals surface area contributed by atoms with Crippen molar-refractivity contribution in [2.24, 2.45) is 5.92 Å². The molecule has 10 nitrogen and oxygen atoms in total. The van der Waals surface area contributed by atoms with E-state index in [2.05, 4.69) is 10.3 Å². The van der Waals surface area contributed by atoms with Crippen LogP contribution in [-0.2, 0) is 23.8 Å². The third-order valence-corrected chi connectivity index (χ3v) is 4.60. The van der Waals surface area contributed by atoms with Gasteiger partial charge in [0.25, 0.3) is 5.91 Å². The molecule has 1 heterocycles. The van der Waals surface area contributed by atoms with Gasteiger partial charge in [0.15, 0.2) is 17.2 Å². The van der Waals surface area contributed by atoms with Gasteiger partial charge in [-0.25, -0.2) is 9.78 Å². The van der Waals surface area contributed by atoms with Crippen molar-refractivity contribution in [1.82, 2.24) is 10.3 Å². The number of allylic oxidation sites excluding steroid dienone is 1. The molecule has 0 aliphatic heterocycles.